The monoisotopic (exact) mass is 326 g/mol. The van der Waals surface area contributed by atoms with Gasteiger partial charge in [0.2, 0.25) is 5.91 Å². The van der Waals surface area contributed by atoms with E-state index in [0.29, 0.717) is 5.25 Å². The Hall–Kier alpha value is 0.380. The number of halogens is 1. The minimum atomic E-state index is -0.366. The number of carbonyl (C=O) groups excluding carboxylic acids is 1. The van der Waals surface area contributed by atoms with Gasteiger partial charge >= 0.3 is 0 Å². The van der Waals surface area contributed by atoms with E-state index in [-0.39, 0.29) is 30.3 Å². The summed E-state index contributed by atoms with van der Waals surface area (Å²) < 4.78 is 5.29. The summed E-state index contributed by atoms with van der Waals surface area (Å²) in [5.74, 6) is 3.86. The highest BCUT2D eigenvalue weighted by Gasteiger charge is 2.27. The summed E-state index contributed by atoms with van der Waals surface area (Å²) in [5, 5.41) is 3.56. The second-order valence-electron chi connectivity index (χ2n) is 4.79. The first kappa shape index (κ1) is 17.4. The number of nitrogens with two attached hydrogens (primary N) is 1. The van der Waals surface area contributed by atoms with Crippen LogP contribution in [0, 0.1) is 5.92 Å². The first-order chi connectivity index (χ1) is 8.77. The minimum absolute atomic E-state index is 0. The largest absolute Gasteiger partial charge is 0.381 e. The minimum Gasteiger partial charge on any atom is -0.381 e. The zero-order valence-corrected chi connectivity index (χ0v) is 13.5. The summed E-state index contributed by atoms with van der Waals surface area (Å²) >= 11 is 3.93. The molecule has 2 heterocycles. The van der Waals surface area contributed by atoms with E-state index in [4.69, 9.17) is 10.5 Å². The van der Waals surface area contributed by atoms with Gasteiger partial charge in [0.15, 0.2) is 0 Å². The van der Waals surface area contributed by atoms with Crippen molar-refractivity contribution in [2.24, 2.45) is 11.7 Å². The molecule has 2 aliphatic heterocycles. The van der Waals surface area contributed by atoms with Crippen molar-refractivity contribution in [1.29, 1.82) is 0 Å². The van der Waals surface area contributed by atoms with Gasteiger partial charge in [-0.2, -0.15) is 23.5 Å². The van der Waals surface area contributed by atoms with E-state index in [1.54, 1.807) is 0 Å². The molecule has 0 bridgehead atoms. The van der Waals surface area contributed by atoms with E-state index in [2.05, 4.69) is 5.32 Å². The number of carbonyl (C=O) groups is 1. The standard InChI is InChI=1S/C12H22N2O2S2.ClH/c13-11(9-1-3-16-4-2-9)12(15)14-7-10-8-17-5-6-18-10;/h9-11H,1-8,13H2,(H,14,15);1H. The highest BCUT2D eigenvalue weighted by molar-refractivity contribution is 8.06. The van der Waals surface area contributed by atoms with Gasteiger partial charge in [0.05, 0.1) is 6.04 Å². The molecule has 0 saturated carbocycles. The van der Waals surface area contributed by atoms with Crippen LogP contribution in [-0.2, 0) is 9.53 Å². The lowest BCUT2D eigenvalue weighted by Gasteiger charge is -2.28. The maximum Gasteiger partial charge on any atom is 0.237 e. The van der Waals surface area contributed by atoms with Crippen LogP contribution in [0.3, 0.4) is 0 Å². The molecule has 0 radical (unpaired) electrons. The lowest BCUT2D eigenvalue weighted by Crippen LogP contribution is -2.48. The highest BCUT2D eigenvalue weighted by Crippen LogP contribution is 2.23. The third kappa shape index (κ3) is 5.71. The van der Waals surface area contributed by atoms with Crippen LogP contribution in [0.5, 0.6) is 0 Å². The van der Waals surface area contributed by atoms with Crippen molar-refractivity contribution in [2.75, 3.05) is 37.0 Å². The Balaban J connectivity index is 0.00000180. The topological polar surface area (TPSA) is 64.4 Å². The van der Waals surface area contributed by atoms with Crippen molar-refractivity contribution in [3.05, 3.63) is 0 Å². The molecular weight excluding hydrogens is 304 g/mol. The van der Waals surface area contributed by atoms with Crippen molar-refractivity contribution < 1.29 is 9.53 Å². The van der Waals surface area contributed by atoms with Gasteiger partial charge in [0.1, 0.15) is 0 Å². The zero-order valence-electron chi connectivity index (χ0n) is 11.0. The van der Waals surface area contributed by atoms with Gasteiger partial charge in [-0.05, 0) is 18.8 Å². The van der Waals surface area contributed by atoms with E-state index in [1.807, 2.05) is 23.5 Å². The van der Waals surface area contributed by atoms with Crippen LogP contribution in [0.25, 0.3) is 0 Å². The smallest absolute Gasteiger partial charge is 0.237 e. The number of hydrogen-bond donors (Lipinski definition) is 2. The molecular formula is C12H23ClN2O2S2. The Morgan fingerprint density at radius 1 is 1.37 bits per heavy atom. The molecule has 2 rings (SSSR count). The predicted octanol–water partition coefficient (Wildman–Crippen LogP) is 1.13. The molecule has 0 aromatic carbocycles. The first-order valence-corrected chi connectivity index (χ1v) is 8.78. The fraction of sp³-hybridized carbons (Fsp3) is 0.917. The highest BCUT2D eigenvalue weighted by atomic mass is 35.5. The SMILES string of the molecule is Cl.NC(C(=O)NCC1CSCCS1)C1CCOCC1. The molecule has 7 heteroatoms. The van der Waals surface area contributed by atoms with E-state index in [0.717, 1.165) is 38.4 Å². The quantitative estimate of drug-likeness (QED) is 0.810. The van der Waals surface area contributed by atoms with Gasteiger partial charge in [0, 0.05) is 42.3 Å². The summed E-state index contributed by atoms with van der Waals surface area (Å²) in [6, 6.07) is -0.366. The third-order valence-corrected chi connectivity index (χ3v) is 6.31. The van der Waals surface area contributed by atoms with Gasteiger partial charge in [-0.3, -0.25) is 4.79 Å². The maximum absolute atomic E-state index is 12.0. The fourth-order valence-electron chi connectivity index (χ4n) is 2.28. The fourth-order valence-corrected chi connectivity index (χ4v) is 4.89. The lowest BCUT2D eigenvalue weighted by atomic mass is 9.92. The van der Waals surface area contributed by atoms with Crippen LogP contribution in [-0.4, -0.2) is 54.2 Å². The maximum atomic E-state index is 12.0. The Kier molecular flexibility index (Phi) is 8.57. The van der Waals surface area contributed by atoms with E-state index >= 15 is 0 Å². The third-order valence-electron chi connectivity index (χ3n) is 3.47. The molecule has 0 aromatic heterocycles. The van der Waals surface area contributed by atoms with Crippen molar-refractivity contribution in [2.45, 2.75) is 24.1 Å². The van der Waals surface area contributed by atoms with Crippen molar-refractivity contribution >= 4 is 41.8 Å². The first-order valence-electron chi connectivity index (χ1n) is 6.58. The average molecular weight is 327 g/mol. The molecule has 2 atom stereocenters. The van der Waals surface area contributed by atoms with Gasteiger partial charge in [-0.15, -0.1) is 12.4 Å². The second-order valence-corrected chi connectivity index (χ2v) is 7.35. The summed E-state index contributed by atoms with van der Waals surface area (Å²) in [7, 11) is 0. The Labute approximate surface area is 129 Å². The van der Waals surface area contributed by atoms with Crippen molar-refractivity contribution in [1.82, 2.24) is 5.32 Å². The molecule has 0 spiro atoms. The van der Waals surface area contributed by atoms with Crippen molar-refractivity contribution in [3.63, 3.8) is 0 Å². The molecule has 0 aliphatic carbocycles. The summed E-state index contributed by atoms with van der Waals surface area (Å²) in [6.45, 7) is 2.23. The van der Waals surface area contributed by atoms with E-state index in [9.17, 15) is 4.79 Å². The zero-order chi connectivity index (χ0) is 12.8. The molecule has 3 N–H and O–H groups in total. The summed E-state index contributed by atoms with van der Waals surface area (Å²) in [6.07, 6.45) is 1.81. The molecule has 19 heavy (non-hydrogen) atoms. The lowest BCUT2D eigenvalue weighted by molar-refractivity contribution is -0.124. The predicted molar refractivity (Wildman–Crippen MR) is 85.3 cm³/mol. The average Bonchev–Trinajstić information content (AvgIpc) is 2.46. The summed E-state index contributed by atoms with van der Waals surface area (Å²) in [4.78, 5) is 12.0. The van der Waals surface area contributed by atoms with Crippen LogP contribution >= 0.6 is 35.9 Å². The molecule has 0 aromatic rings. The van der Waals surface area contributed by atoms with Crippen LogP contribution in [0.15, 0.2) is 0 Å². The van der Waals surface area contributed by atoms with Gasteiger partial charge in [0.25, 0.3) is 0 Å². The molecule has 4 nitrogen and oxygen atoms in total. The Morgan fingerprint density at radius 3 is 2.74 bits per heavy atom. The van der Waals surface area contributed by atoms with E-state index in [1.165, 1.54) is 11.5 Å². The van der Waals surface area contributed by atoms with Crippen LogP contribution in [0.2, 0.25) is 0 Å². The Bertz CT molecular complexity index is 272. The van der Waals surface area contributed by atoms with Gasteiger partial charge in [-0.25, -0.2) is 0 Å². The van der Waals surface area contributed by atoms with Crippen molar-refractivity contribution in [3.8, 4) is 0 Å². The van der Waals surface area contributed by atoms with Crippen LogP contribution in [0.1, 0.15) is 12.8 Å². The van der Waals surface area contributed by atoms with Gasteiger partial charge < -0.3 is 15.8 Å². The Morgan fingerprint density at radius 2 is 2.11 bits per heavy atom. The van der Waals surface area contributed by atoms with E-state index < -0.39 is 0 Å². The number of rotatable bonds is 4. The van der Waals surface area contributed by atoms with Crippen LogP contribution in [0.4, 0.5) is 0 Å². The second kappa shape index (κ2) is 9.34. The molecule has 2 saturated heterocycles. The molecule has 2 unspecified atom stereocenters. The summed E-state index contributed by atoms with van der Waals surface area (Å²) in [5.41, 5.74) is 6.03. The van der Waals surface area contributed by atoms with Crippen LogP contribution < -0.4 is 11.1 Å². The number of ether oxygens (including phenoxy) is 1. The number of amides is 1. The molecule has 1 amide bonds. The van der Waals surface area contributed by atoms with Gasteiger partial charge in [-0.1, -0.05) is 0 Å². The molecule has 112 valence electrons. The number of nitrogens with one attached hydrogen (secondary N) is 1. The normalized spacial score (nSPS) is 26.3. The molecule has 2 aliphatic rings. The number of hydrogen-bond acceptors (Lipinski definition) is 5. The molecule has 2 fully saturated rings. The number of thioether (sulfide) groups is 2.